The lowest BCUT2D eigenvalue weighted by Gasteiger charge is -2.23. The molecule has 10 heteroatoms. The Kier molecular flexibility index (Phi) is 5.84. The predicted octanol–water partition coefficient (Wildman–Crippen LogP) is 0.905. The molecule has 2 heterocycles. The molecule has 170 valence electrons. The van der Waals surface area contributed by atoms with Crippen molar-refractivity contribution in [1.82, 2.24) is 19.9 Å². The van der Waals surface area contributed by atoms with Gasteiger partial charge in [0.25, 0.3) is 5.56 Å². The number of rotatable bonds is 7. The second-order valence-corrected chi connectivity index (χ2v) is 7.80. The van der Waals surface area contributed by atoms with Gasteiger partial charge in [-0.3, -0.25) is 9.59 Å². The van der Waals surface area contributed by atoms with Crippen LogP contribution >= 0.6 is 0 Å². The number of carbonyl (C=O) groups is 2. The highest BCUT2D eigenvalue weighted by Crippen LogP contribution is 2.22. The van der Waals surface area contributed by atoms with Crippen LogP contribution < -0.4 is 16.6 Å². The van der Waals surface area contributed by atoms with Crippen LogP contribution in [0.1, 0.15) is 18.5 Å². The van der Waals surface area contributed by atoms with Gasteiger partial charge in [0.15, 0.2) is 6.04 Å². The standard InChI is InChI=1S/C23H22N4O6/c1-12(28)19(22(31)32)26-20(29)18(10-13-11-24-16-8-4-2-6-14(13)16)27-21(30)15-7-3-5-9-17(15)25-23(27)33/h2-9,11-12,18-19,24,28H,10H2,1H3,(H,25,33)(H,26,29)(H,31,32). The smallest absolute Gasteiger partial charge is 0.329 e. The number of para-hydroxylation sites is 2. The largest absolute Gasteiger partial charge is 0.480 e. The molecule has 2 aromatic heterocycles. The summed E-state index contributed by atoms with van der Waals surface area (Å²) in [6.07, 6.45) is 0.213. The SMILES string of the molecule is CC(O)C(NC(=O)C(Cc1c[nH]c2ccccc12)n1c(=O)[nH]c2ccccc2c1=O)C(=O)O. The maximum atomic E-state index is 13.3. The number of nitrogens with zero attached hydrogens (tertiary/aromatic N) is 1. The average molecular weight is 450 g/mol. The normalized spacial score (nSPS) is 14.1. The summed E-state index contributed by atoms with van der Waals surface area (Å²) in [6, 6.07) is 10.8. The summed E-state index contributed by atoms with van der Waals surface area (Å²) < 4.78 is 0.792. The number of aromatic nitrogens is 3. The molecule has 0 fully saturated rings. The number of carboxylic acid groups (broad SMARTS) is 1. The highest BCUT2D eigenvalue weighted by atomic mass is 16.4. The molecule has 3 atom stereocenters. The topological polar surface area (TPSA) is 157 Å². The molecule has 0 saturated carbocycles. The third kappa shape index (κ3) is 4.15. The maximum Gasteiger partial charge on any atom is 0.329 e. The Morgan fingerprint density at radius 2 is 1.67 bits per heavy atom. The molecule has 0 aliphatic heterocycles. The number of nitrogens with one attached hydrogen (secondary N) is 3. The Morgan fingerprint density at radius 1 is 1.03 bits per heavy atom. The fraction of sp³-hybridized carbons (Fsp3) is 0.217. The van der Waals surface area contributed by atoms with Gasteiger partial charge in [-0.15, -0.1) is 0 Å². The van der Waals surface area contributed by atoms with Crippen LogP contribution in [0.15, 0.2) is 64.3 Å². The molecule has 0 radical (unpaired) electrons. The third-order valence-electron chi connectivity index (χ3n) is 5.59. The number of fused-ring (bicyclic) bond motifs is 2. The van der Waals surface area contributed by atoms with Crippen LogP contribution in [0.4, 0.5) is 0 Å². The highest BCUT2D eigenvalue weighted by Gasteiger charge is 2.32. The quantitative estimate of drug-likeness (QED) is 0.282. The molecule has 0 aliphatic rings. The lowest BCUT2D eigenvalue weighted by molar-refractivity contribution is -0.145. The van der Waals surface area contributed by atoms with E-state index in [9.17, 15) is 29.4 Å². The Balaban J connectivity index is 1.85. The molecule has 1 amide bonds. The van der Waals surface area contributed by atoms with Crippen LogP contribution in [0, 0.1) is 0 Å². The van der Waals surface area contributed by atoms with E-state index < -0.39 is 41.3 Å². The van der Waals surface area contributed by atoms with Gasteiger partial charge in [-0.2, -0.15) is 0 Å². The molecule has 0 bridgehead atoms. The van der Waals surface area contributed by atoms with Crippen molar-refractivity contribution < 1.29 is 19.8 Å². The first kappa shape index (κ1) is 22.0. The number of amides is 1. The van der Waals surface area contributed by atoms with Crippen LogP contribution in [0.2, 0.25) is 0 Å². The minimum Gasteiger partial charge on any atom is -0.480 e. The minimum absolute atomic E-state index is 0.0661. The number of H-pyrrole nitrogens is 2. The number of aliphatic hydroxyl groups excluding tert-OH is 1. The van der Waals surface area contributed by atoms with E-state index in [-0.39, 0.29) is 11.8 Å². The molecule has 33 heavy (non-hydrogen) atoms. The first-order chi connectivity index (χ1) is 15.8. The van der Waals surface area contributed by atoms with Crippen molar-refractivity contribution in [2.45, 2.75) is 31.5 Å². The number of benzene rings is 2. The van der Waals surface area contributed by atoms with Crippen molar-refractivity contribution in [3.8, 4) is 0 Å². The van der Waals surface area contributed by atoms with Gasteiger partial charge in [-0.1, -0.05) is 30.3 Å². The van der Waals surface area contributed by atoms with Crippen LogP contribution in [0.25, 0.3) is 21.8 Å². The van der Waals surface area contributed by atoms with E-state index in [2.05, 4.69) is 15.3 Å². The predicted molar refractivity (Wildman–Crippen MR) is 121 cm³/mol. The average Bonchev–Trinajstić information content (AvgIpc) is 3.19. The summed E-state index contributed by atoms with van der Waals surface area (Å²) in [5.41, 5.74) is 0.302. The van der Waals surface area contributed by atoms with Gasteiger partial charge in [0, 0.05) is 23.5 Å². The van der Waals surface area contributed by atoms with E-state index in [0.717, 1.165) is 15.5 Å². The lowest BCUT2D eigenvalue weighted by Crippen LogP contribution is -2.52. The number of carbonyl (C=O) groups excluding carboxylic acids is 1. The number of hydrogen-bond acceptors (Lipinski definition) is 5. The van der Waals surface area contributed by atoms with Gasteiger partial charge in [0.2, 0.25) is 5.91 Å². The first-order valence-corrected chi connectivity index (χ1v) is 10.3. The fourth-order valence-corrected chi connectivity index (χ4v) is 3.91. The maximum absolute atomic E-state index is 13.3. The summed E-state index contributed by atoms with van der Waals surface area (Å²) >= 11 is 0. The number of hydrogen-bond donors (Lipinski definition) is 5. The molecular weight excluding hydrogens is 428 g/mol. The summed E-state index contributed by atoms with van der Waals surface area (Å²) in [6.45, 7) is 1.22. The molecule has 0 aliphatic carbocycles. The molecule has 2 aromatic carbocycles. The Labute approximate surface area is 186 Å². The van der Waals surface area contributed by atoms with E-state index in [4.69, 9.17) is 0 Å². The Hall–Kier alpha value is -4.18. The molecule has 4 rings (SSSR count). The second-order valence-electron chi connectivity index (χ2n) is 7.80. The third-order valence-corrected chi connectivity index (χ3v) is 5.59. The Bertz CT molecular complexity index is 1470. The molecule has 10 nitrogen and oxygen atoms in total. The molecule has 0 saturated heterocycles. The first-order valence-electron chi connectivity index (χ1n) is 10.3. The van der Waals surface area contributed by atoms with Gasteiger partial charge in [-0.25, -0.2) is 14.2 Å². The Morgan fingerprint density at radius 3 is 2.33 bits per heavy atom. The van der Waals surface area contributed by atoms with Crippen molar-refractivity contribution in [3.05, 3.63) is 81.1 Å². The van der Waals surface area contributed by atoms with Crippen LogP contribution in [0.3, 0.4) is 0 Å². The van der Waals surface area contributed by atoms with Crippen molar-refractivity contribution in [2.75, 3.05) is 0 Å². The van der Waals surface area contributed by atoms with Crippen molar-refractivity contribution in [1.29, 1.82) is 0 Å². The van der Waals surface area contributed by atoms with Crippen molar-refractivity contribution in [3.63, 3.8) is 0 Å². The zero-order valence-electron chi connectivity index (χ0n) is 17.6. The van der Waals surface area contributed by atoms with E-state index in [1.165, 1.54) is 13.0 Å². The summed E-state index contributed by atoms with van der Waals surface area (Å²) in [7, 11) is 0. The number of aliphatic hydroxyl groups is 1. The lowest BCUT2D eigenvalue weighted by atomic mass is 10.0. The molecule has 0 spiro atoms. The van der Waals surface area contributed by atoms with Crippen LogP contribution in [-0.2, 0) is 16.0 Å². The van der Waals surface area contributed by atoms with E-state index >= 15 is 0 Å². The van der Waals surface area contributed by atoms with Crippen LogP contribution in [0.5, 0.6) is 0 Å². The minimum atomic E-state index is -1.61. The van der Waals surface area contributed by atoms with Gasteiger partial charge < -0.3 is 25.5 Å². The van der Waals surface area contributed by atoms with Gasteiger partial charge in [-0.05, 0) is 30.7 Å². The number of carboxylic acids is 1. The zero-order chi connectivity index (χ0) is 23.7. The van der Waals surface area contributed by atoms with E-state index in [1.807, 2.05) is 24.3 Å². The molecule has 4 aromatic rings. The van der Waals surface area contributed by atoms with E-state index in [0.29, 0.717) is 11.1 Å². The van der Waals surface area contributed by atoms with Gasteiger partial charge in [0.05, 0.1) is 17.0 Å². The highest BCUT2D eigenvalue weighted by molar-refractivity contribution is 5.88. The van der Waals surface area contributed by atoms with Crippen molar-refractivity contribution in [2.24, 2.45) is 0 Å². The van der Waals surface area contributed by atoms with Crippen molar-refractivity contribution >= 4 is 33.7 Å². The number of aromatic amines is 2. The summed E-state index contributed by atoms with van der Waals surface area (Å²) in [4.78, 5) is 56.6. The number of aliphatic carboxylic acids is 1. The molecular formula is C23H22N4O6. The monoisotopic (exact) mass is 450 g/mol. The molecule has 5 N–H and O–H groups in total. The second kappa shape index (κ2) is 8.75. The van der Waals surface area contributed by atoms with Crippen LogP contribution in [-0.4, -0.2) is 48.8 Å². The summed E-state index contributed by atoms with van der Waals surface area (Å²) in [5, 5.41) is 22.4. The summed E-state index contributed by atoms with van der Waals surface area (Å²) in [5.74, 6) is -2.32. The molecule has 3 unspecified atom stereocenters. The zero-order valence-corrected chi connectivity index (χ0v) is 17.6. The van der Waals surface area contributed by atoms with Gasteiger partial charge >= 0.3 is 11.7 Å². The van der Waals surface area contributed by atoms with Gasteiger partial charge in [0.1, 0.15) is 6.04 Å². The van der Waals surface area contributed by atoms with E-state index in [1.54, 1.807) is 24.4 Å². The fourth-order valence-electron chi connectivity index (χ4n) is 3.91.